The zero-order chi connectivity index (χ0) is 17.5. The van der Waals surface area contributed by atoms with E-state index in [0.717, 1.165) is 6.42 Å². The summed E-state index contributed by atoms with van der Waals surface area (Å²) in [5.74, 6) is -0.281. The summed E-state index contributed by atoms with van der Waals surface area (Å²) in [4.78, 5) is 28.6. The fourth-order valence-electron chi connectivity index (χ4n) is 2.15. The molecule has 1 heterocycles. The van der Waals surface area contributed by atoms with Crippen molar-refractivity contribution in [2.24, 2.45) is 0 Å². The van der Waals surface area contributed by atoms with Gasteiger partial charge in [0.05, 0.1) is 11.0 Å². The third kappa shape index (κ3) is 4.23. The molecule has 2 aromatic rings. The van der Waals surface area contributed by atoms with E-state index in [1.54, 1.807) is 32.0 Å². The number of nitrogens with zero attached hydrogens (tertiary/aromatic N) is 2. The molecule has 2 amide bonds. The van der Waals surface area contributed by atoms with Crippen molar-refractivity contribution in [1.29, 1.82) is 0 Å². The Morgan fingerprint density at radius 3 is 2.75 bits per heavy atom. The van der Waals surface area contributed by atoms with E-state index in [0.29, 0.717) is 24.2 Å². The number of hydrogen-bond donors (Lipinski definition) is 2. The lowest BCUT2D eigenvalue weighted by molar-refractivity contribution is -0.0834. The second-order valence-electron chi connectivity index (χ2n) is 5.06. The summed E-state index contributed by atoms with van der Waals surface area (Å²) in [7, 11) is 0. The van der Waals surface area contributed by atoms with E-state index in [4.69, 9.17) is 9.47 Å². The number of carbonyl (C=O) groups is 2. The molecular formula is C16H22N4O4. The minimum absolute atomic E-state index is 0.0886. The molecule has 1 unspecified atom stereocenters. The van der Waals surface area contributed by atoms with Gasteiger partial charge in [0.25, 0.3) is 5.91 Å². The topological polar surface area (TPSA) is 94.5 Å². The third-order valence-corrected chi connectivity index (χ3v) is 3.18. The molecule has 0 bridgehead atoms. The van der Waals surface area contributed by atoms with Gasteiger partial charge < -0.3 is 14.8 Å². The van der Waals surface area contributed by atoms with Crippen LogP contribution in [0.1, 0.15) is 37.8 Å². The lowest BCUT2D eigenvalue weighted by Gasteiger charge is -2.15. The van der Waals surface area contributed by atoms with Gasteiger partial charge in [0.1, 0.15) is 0 Å². The number of nitrogens with one attached hydrogen (secondary N) is 2. The molecular weight excluding hydrogens is 312 g/mol. The largest absolute Gasteiger partial charge is 0.428 e. The van der Waals surface area contributed by atoms with E-state index in [9.17, 15) is 9.59 Å². The molecule has 130 valence electrons. The Kier molecular flexibility index (Phi) is 6.14. The number of amides is 2. The maximum atomic E-state index is 12.3. The van der Waals surface area contributed by atoms with Crippen LogP contribution in [0, 0.1) is 0 Å². The van der Waals surface area contributed by atoms with Crippen LogP contribution in [-0.4, -0.2) is 41.1 Å². The molecule has 0 saturated heterocycles. The molecule has 0 fully saturated rings. The molecule has 8 heteroatoms. The predicted molar refractivity (Wildman–Crippen MR) is 89.3 cm³/mol. The van der Waals surface area contributed by atoms with Gasteiger partial charge in [0, 0.05) is 13.2 Å². The van der Waals surface area contributed by atoms with E-state index < -0.39 is 12.4 Å². The standard InChI is InChI=1S/C16H22N4O4/c1-4-10-17-15(21)14-18-12-8-6-7-9-13(12)20(14)19-16(22)24-11(3)23-5-2/h6-9,11H,4-5,10H2,1-3H3,(H,17,21)(H,19,22). The van der Waals surface area contributed by atoms with Crippen molar-refractivity contribution in [2.45, 2.75) is 33.5 Å². The number of carbonyl (C=O) groups excluding carboxylic acids is 2. The molecule has 0 aliphatic carbocycles. The second kappa shape index (κ2) is 8.30. The maximum absolute atomic E-state index is 12.3. The van der Waals surface area contributed by atoms with Crippen molar-refractivity contribution < 1.29 is 19.1 Å². The number of benzene rings is 1. The maximum Gasteiger partial charge on any atom is 0.428 e. The fraction of sp³-hybridized carbons (Fsp3) is 0.438. The lowest BCUT2D eigenvalue weighted by atomic mass is 10.3. The Bertz CT molecular complexity index is 713. The SMILES string of the molecule is CCCNC(=O)c1nc2ccccc2n1NC(=O)OC(C)OCC. The Balaban J connectivity index is 2.26. The lowest BCUT2D eigenvalue weighted by Crippen LogP contribution is -2.33. The van der Waals surface area contributed by atoms with Crippen molar-refractivity contribution in [3.63, 3.8) is 0 Å². The summed E-state index contributed by atoms with van der Waals surface area (Å²) >= 11 is 0. The summed E-state index contributed by atoms with van der Waals surface area (Å²) in [5, 5.41) is 2.75. The molecule has 0 radical (unpaired) electrons. The van der Waals surface area contributed by atoms with Gasteiger partial charge in [-0.3, -0.25) is 4.79 Å². The fourth-order valence-corrected chi connectivity index (χ4v) is 2.15. The van der Waals surface area contributed by atoms with Gasteiger partial charge in [-0.2, -0.15) is 0 Å². The number of aromatic nitrogens is 2. The summed E-state index contributed by atoms with van der Waals surface area (Å²) in [6.07, 6.45) is -0.626. The molecule has 1 aromatic carbocycles. The molecule has 2 N–H and O–H groups in total. The first-order valence-corrected chi connectivity index (χ1v) is 7.91. The average Bonchev–Trinajstić information content (AvgIpc) is 2.91. The molecule has 24 heavy (non-hydrogen) atoms. The van der Waals surface area contributed by atoms with Crippen LogP contribution in [0.15, 0.2) is 24.3 Å². The van der Waals surface area contributed by atoms with Gasteiger partial charge in [-0.05, 0) is 32.4 Å². The number of fused-ring (bicyclic) bond motifs is 1. The van der Waals surface area contributed by atoms with Crippen molar-refractivity contribution >= 4 is 23.0 Å². The molecule has 0 aliphatic heterocycles. The predicted octanol–water partition coefficient (Wildman–Crippen LogP) is 2.24. The highest BCUT2D eigenvalue weighted by atomic mass is 16.7. The van der Waals surface area contributed by atoms with E-state index in [1.807, 2.05) is 13.0 Å². The smallest absolute Gasteiger partial charge is 0.419 e. The van der Waals surface area contributed by atoms with Crippen molar-refractivity contribution in [3.05, 3.63) is 30.1 Å². The molecule has 0 saturated carbocycles. The summed E-state index contributed by atoms with van der Waals surface area (Å²) < 4.78 is 11.6. The van der Waals surface area contributed by atoms with E-state index >= 15 is 0 Å². The Morgan fingerprint density at radius 2 is 2.04 bits per heavy atom. The summed E-state index contributed by atoms with van der Waals surface area (Å²) in [6, 6.07) is 7.12. The van der Waals surface area contributed by atoms with Crippen LogP contribution in [0.25, 0.3) is 11.0 Å². The Morgan fingerprint density at radius 1 is 1.29 bits per heavy atom. The molecule has 0 aliphatic rings. The molecule has 0 spiro atoms. The van der Waals surface area contributed by atoms with Crippen LogP contribution in [-0.2, 0) is 9.47 Å². The minimum Gasteiger partial charge on any atom is -0.419 e. The number of para-hydroxylation sites is 2. The first kappa shape index (κ1) is 17.7. The molecule has 1 aromatic heterocycles. The van der Waals surface area contributed by atoms with Crippen molar-refractivity contribution in [1.82, 2.24) is 15.0 Å². The van der Waals surface area contributed by atoms with Crippen LogP contribution in [0.2, 0.25) is 0 Å². The van der Waals surface area contributed by atoms with Crippen LogP contribution < -0.4 is 10.7 Å². The van der Waals surface area contributed by atoms with Gasteiger partial charge >= 0.3 is 6.09 Å². The van der Waals surface area contributed by atoms with Crippen LogP contribution in [0.4, 0.5) is 4.79 Å². The van der Waals surface area contributed by atoms with Gasteiger partial charge in [-0.1, -0.05) is 19.1 Å². The van der Waals surface area contributed by atoms with E-state index in [2.05, 4.69) is 15.7 Å². The quantitative estimate of drug-likeness (QED) is 0.757. The number of imidazole rings is 1. The van der Waals surface area contributed by atoms with E-state index in [1.165, 1.54) is 4.68 Å². The highest BCUT2D eigenvalue weighted by Gasteiger charge is 2.20. The van der Waals surface area contributed by atoms with Crippen LogP contribution in [0.3, 0.4) is 0 Å². The molecule has 1 atom stereocenters. The Labute approximate surface area is 140 Å². The van der Waals surface area contributed by atoms with Crippen LogP contribution in [0.5, 0.6) is 0 Å². The zero-order valence-corrected chi connectivity index (χ0v) is 14.0. The first-order valence-electron chi connectivity index (χ1n) is 7.91. The number of ether oxygens (including phenoxy) is 2. The second-order valence-corrected chi connectivity index (χ2v) is 5.06. The summed E-state index contributed by atoms with van der Waals surface area (Å²) in [5.41, 5.74) is 3.72. The average molecular weight is 334 g/mol. The van der Waals surface area contributed by atoms with Crippen molar-refractivity contribution in [2.75, 3.05) is 18.6 Å². The highest BCUT2D eigenvalue weighted by Crippen LogP contribution is 2.14. The monoisotopic (exact) mass is 334 g/mol. The van der Waals surface area contributed by atoms with Crippen LogP contribution >= 0.6 is 0 Å². The molecule has 2 rings (SSSR count). The number of hydrogen-bond acceptors (Lipinski definition) is 5. The summed E-state index contributed by atoms with van der Waals surface area (Å²) in [6.45, 7) is 6.32. The molecule has 8 nitrogen and oxygen atoms in total. The van der Waals surface area contributed by atoms with Gasteiger partial charge in [0.15, 0.2) is 0 Å². The Hall–Kier alpha value is -2.61. The number of rotatable bonds is 7. The normalized spacial score (nSPS) is 12.0. The van der Waals surface area contributed by atoms with E-state index in [-0.39, 0.29) is 11.7 Å². The zero-order valence-electron chi connectivity index (χ0n) is 14.0. The van der Waals surface area contributed by atoms with Gasteiger partial charge in [0.2, 0.25) is 12.1 Å². The third-order valence-electron chi connectivity index (χ3n) is 3.18. The minimum atomic E-state index is -0.733. The highest BCUT2D eigenvalue weighted by molar-refractivity contribution is 5.96. The first-order chi connectivity index (χ1) is 11.6. The van der Waals surface area contributed by atoms with Gasteiger partial charge in [-0.15, -0.1) is 0 Å². The van der Waals surface area contributed by atoms with Crippen molar-refractivity contribution in [3.8, 4) is 0 Å². The van der Waals surface area contributed by atoms with Gasteiger partial charge in [-0.25, -0.2) is 19.9 Å².